The summed E-state index contributed by atoms with van der Waals surface area (Å²) in [6, 6.07) is 12.6. The highest BCUT2D eigenvalue weighted by atomic mass is 16.5. The number of hydrogen-bond donors (Lipinski definition) is 2. The minimum Gasteiger partial charge on any atom is -0.497 e. The second-order valence-corrected chi connectivity index (χ2v) is 7.41. The van der Waals surface area contributed by atoms with Gasteiger partial charge in [-0.3, -0.25) is 14.0 Å². The summed E-state index contributed by atoms with van der Waals surface area (Å²) in [7, 11) is 1.60. The van der Waals surface area contributed by atoms with Gasteiger partial charge >= 0.3 is 0 Å². The van der Waals surface area contributed by atoms with Crippen molar-refractivity contribution in [3.8, 4) is 5.75 Å². The maximum atomic E-state index is 13.2. The Hall–Kier alpha value is -4.20. The molecule has 1 aromatic carbocycles. The molecule has 0 bridgehead atoms. The average Bonchev–Trinajstić information content (AvgIpc) is 2.80. The maximum Gasteiger partial charge on any atom is 0.278 e. The monoisotopic (exact) mass is 430 g/mol. The third-order valence-electron chi connectivity index (χ3n) is 5.34. The fourth-order valence-corrected chi connectivity index (χ4v) is 3.63. The van der Waals surface area contributed by atoms with Crippen molar-refractivity contribution in [1.82, 2.24) is 14.7 Å². The second-order valence-electron chi connectivity index (χ2n) is 7.41. The van der Waals surface area contributed by atoms with Crippen molar-refractivity contribution >= 4 is 28.4 Å². The number of anilines is 1. The molecule has 3 aromatic heterocycles. The van der Waals surface area contributed by atoms with Gasteiger partial charge in [-0.2, -0.15) is 0 Å². The molecule has 0 saturated heterocycles. The summed E-state index contributed by atoms with van der Waals surface area (Å²) in [5.41, 5.74) is 9.02. The lowest BCUT2D eigenvalue weighted by Gasteiger charge is -2.12. The van der Waals surface area contributed by atoms with E-state index in [-0.39, 0.29) is 22.8 Å². The molecule has 162 valence electrons. The first kappa shape index (κ1) is 21.0. The zero-order chi connectivity index (χ0) is 22.8. The molecular weight excluding hydrogens is 406 g/mol. The number of allylic oxidation sites excluding steroid dienone is 1. The maximum absolute atomic E-state index is 13.2. The lowest BCUT2D eigenvalue weighted by molar-refractivity contribution is -0.648. The first-order valence-corrected chi connectivity index (χ1v) is 10.1. The van der Waals surface area contributed by atoms with Gasteiger partial charge in [0.25, 0.3) is 17.1 Å². The highest BCUT2D eigenvalue weighted by Crippen LogP contribution is 2.16. The Morgan fingerprint density at radius 3 is 2.75 bits per heavy atom. The summed E-state index contributed by atoms with van der Waals surface area (Å²) in [6.45, 7) is 6.26. The number of hydrogen-bond acceptors (Lipinski definition) is 5. The van der Waals surface area contributed by atoms with Crippen LogP contribution in [0, 0.1) is 6.92 Å². The van der Waals surface area contributed by atoms with E-state index in [1.54, 1.807) is 30.0 Å². The molecule has 0 spiro atoms. The minimum absolute atomic E-state index is 0.208. The highest BCUT2D eigenvalue weighted by molar-refractivity contribution is 6.00. The van der Waals surface area contributed by atoms with Crippen molar-refractivity contribution < 1.29 is 14.1 Å². The van der Waals surface area contributed by atoms with E-state index in [2.05, 4.69) is 16.9 Å². The molecule has 0 aliphatic heterocycles. The molecule has 3 heterocycles. The van der Waals surface area contributed by atoms with Gasteiger partial charge in [0.2, 0.25) is 11.5 Å². The first-order valence-electron chi connectivity index (χ1n) is 10.1. The van der Waals surface area contributed by atoms with E-state index in [0.29, 0.717) is 29.8 Å². The molecule has 0 fully saturated rings. The summed E-state index contributed by atoms with van der Waals surface area (Å²) >= 11 is 0. The van der Waals surface area contributed by atoms with Gasteiger partial charge in [-0.1, -0.05) is 35.8 Å². The first-order chi connectivity index (χ1) is 15.4. The smallest absolute Gasteiger partial charge is 0.278 e. The van der Waals surface area contributed by atoms with Gasteiger partial charge in [-0.15, -0.1) is 0 Å². The average molecular weight is 430 g/mol. The number of carbonyl (C=O) groups is 1. The van der Waals surface area contributed by atoms with Gasteiger partial charge in [-0.05, 0) is 36.8 Å². The number of amides is 1. The molecular formula is C24H24N5O3+. The Morgan fingerprint density at radius 2 is 2.06 bits per heavy atom. The lowest BCUT2D eigenvalue weighted by Crippen LogP contribution is -2.42. The lowest BCUT2D eigenvalue weighted by atomic mass is 10.1. The molecule has 3 N–H and O–H groups in total. The number of methoxy groups -OCH3 is 1. The van der Waals surface area contributed by atoms with E-state index < -0.39 is 0 Å². The topological polar surface area (TPSA) is 103 Å². The van der Waals surface area contributed by atoms with E-state index in [9.17, 15) is 9.59 Å². The van der Waals surface area contributed by atoms with Crippen molar-refractivity contribution in [2.45, 2.75) is 20.0 Å². The summed E-state index contributed by atoms with van der Waals surface area (Å²) in [5.74, 6) is 0.570. The SMILES string of the molecule is C=CC[n+]1c(N)c(C(=O)NCc2ccc(OC)cc2)cc2c(=O)n3cccc(C)c3nc21. The molecule has 0 aliphatic rings. The van der Waals surface area contributed by atoms with E-state index in [0.717, 1.165) is 16.9 Å². The molecule has 8 heteroatoms. The number of nitrogens with two attached hydrogens (primary N) is 1. The van der Waals surface area contributed by atoms with Crippen LogP contribution in [-0.2, 0) is 13.1 Å². The van der Waals surface area contributed by atoms with E-state index >= 15 is 0 Å². The van der Waals surface area contributed by atoms with Crippen LogP contribution in [0.2, 0.25) is 0 Å². The van der Waals surface area contributed by atoms with Gasteiger partial charge in [0.1, 0.15) is 16.7 Å². The normalized spacial score (nSPS) is 10.9. The molecule has 0 unspecified atom stereocenters. The molecule has 1 amide bonds. The molecule has 0 saturated carbocycles. The van der Waals surface area contributed by atoms with E-state index in [1.807, 2.05) is 37.3 Å². The predicted molar refractivity (Wildman–Crippen MR) is 123 cm³/mol. The van der Waals surface area contributed by atoms with Crippen molar-refractivity contribution in [3.05, 3.63) is 88.4 Å². The number of nitrogens with zero attached hydrogens (tertiary/aromatic N) is 3. The van der Waals surface area contributed by atoms with Crippen molar-refractivity contribution in [2.75, 3.05) is 12.8 Å². The van der Waals surface area contributed by atoms with Gasteiger partial charge in [0.15, 0.2) is 0 Å². The van der Waals surface area contributed by atoms with Crippen LogP contribution in [0.4, 0.5) is 5.82 Å². The van der Waals surface area contributed by atoms with Gasteiger partial charge in [-0.25, -0.2) is 4.57 Å². The van der Waals surface area contributed by atoms with Crippen molar-refractivity contribution in [1.29, 1.82) is 0 Å². The highest BCUT2D eigenvalue weighted by Gasteiger charge is 2.24. The zero-order valence-corrected chi connectivity index (χ0v) is 18.0. The van der Waals surface area contributed by atoms with Crippen LogP contribution in [0.15, 0.2) is 66.1 Å². The Bertz CT molecular complexity index is 1410. The Morgan fingerprint density at radius 1 is 1.31 bits per heavy atom. The number of rotatable bonds is 6. The fourth-order valence-electron chi connectivity index (χ4n) is 3.63. The predicted octanol–water partition coefficient (Wildman–Crippen LogP) is 2.15. The Kier molecular flexibility index (Phi) is 5.59. The summed E-state index contributed by atoms with van der Waals surface area (Å²) in [4.78, 5) is 30.9. The van der Waals surface area contributed by atoms with Crippen LogP contribution in [-0.4, -0.2) is 22.4 Å². The van der Waals surface area contributed by atoms with Crippen molar-refractivity contribution in [2.24, 2.45) is 0 Å². The number of nitrogen functional groups attached to an aromatic ring is 1. The van der Waals surface area contributed by atoms with Crippen LogP contribution in [0.5, 0.6) is 5.75 Å². The number of benzene rings is 1. The standard InChI is InChI=1S/C24H23N5O3/c1-4-11-28-20(25)18(23(30)26-14-16-7-9-17(32-3)10-8-16)13-19-22(28)27-21-15(2)6-5-12-29(21)24(19)31/h4-10,12-13,25H,1,11,14H2,2-3H3,(H,26,30)/p+1. The number of fused-ring (bicyclic) bond motifs is 2. The zero-order valence-electron chi connectivity index (χ0n) is 18.0. The number of pyridine rings is 2. The van der Waals surface area contributed by atoms with Crippen LogP contribution < -0.4 is 25.9 Å². The molecule has 4 aromatic rings. The fraction of sp³-hybridized carbons (Fsp3) is 0.167. The largest absolute Gasteiger partial charge is 0.497 e. The molecule has 0 atom stereocenters. The number of carbonyl (C=O) groups excluding carboxylic acids is 1. The second kappa shape index (κ2) is 8.50. The summed E-state index contributed by atoms with van der Waals surface area (Å²) < 4.78 is 8.27. The molecule has 0 radical (unpaired) electrons. The third kappa shape index (κ3) is 3.66. The quantitative estimate of drug-likeness (QED) is 0.277. The van der Waals surface area contributed by atoms with E-state index in [1.165, 1.54) is 10.5 Å². The Balaban J connectivity index is 1.80. The number of nitrogens with one attached hydrogen (secondary N) is 1. The Labute approximate surface area is 184 Å². The van der Waals surface area contributed by atoms with Crippen molar-refractivity contribution in [3.63, 3.8) is 0 Å². The number of ether oxygens (including phenoxy) is 1. The molecule has 0 aliphatic carbocycles. The molecule has 32 heavy (non-hydrogen) atoms. The number of aryl methyl sites for hydroxylation is 1. The minimum atomic E-state index is -0.383. The number of aromatic nitrogens is 3. The van der Waals surface area contributed by atoms with E-state index in [4.69, 9.17) is 10.5 Å². The summed E-state index contributed by atoms with van der Waals surface area (Å²) in [6.07, 6.45) is 3.31. The van der Waals surface area contributed by atoms with Crippen LogP contribution >= 0.6 is 0 Å². The van der Waals surface area contributed by atoms with Crippen LogP contribution in [0.25, 0.3) is 16.7 Å². The van der Waals surface area contributed by atoms with Crippen LogP contribution in [0.3, 0.4) is 0 Å². The molecule has 4 rings (SSSR count). The third-order valence-corrected chi connectivity index (χ3v) is 5.34. The van der Waals surface area contributed by atoms with Gasteiger partial charge in [0.05, 0.1) is 13.7 Å². The summed E-state index contributed by atoms with van der Waals surface area (Å²) in [5, 5.41) is 3.17. The van der Waals surface area contributed by atoms with Crippen LogP contribution in [0.1, 0.15) is 21.5 Å². The molecule has 8 nitrogen and oxygen atoms in total. The van der Waals surface area contributed by atoms with Gasteiger partial charge < -0.3 is 15.8 Å². The van der Waals surface area contributed by atoms with Gasteiger partial charge in [0, 0.05) is 18.3 Å².